The fourth-order valence-corrected chi connectivity index (χ4v) is 2.78. The van der Waals surface area contributed by atoms with E-state index in [0.29, 0.717) is 10.6 Å². The second-order valence-electron chi connectivity index (χ2n) is 4.80. The van der Waals surface area contributed by atoms with Crippen LogP contribution in [-0.2, 0) is 0 Å². The number of ether oxygens (including phenoxy) is 1. The normalized spacial score (nSPS) is 10.3. The standard InChI is InChI=1S/C16H15FN2O4S/c1-18(12-7-5-4-6-11(12)17)16(20)10-8-15(24-3)14(23-2)9-13(10)19(21)22/h4-9H,1-3H3. The molecule has 24 heavy (non-hydrogen) atoms. The summed E-state index contributed by atoms with van der Waals surface area (Å²) in [6, 6.07) is 8.32. The van der Waals surface area contributed by atoms with Crippen molar-refractivity contribution in [2.45, 2.75) is 4.90 Å². The van der Waals surface area contributed by atoms with Gasteiger partial charge in [-0.2, -0.15) is 0 Å². The van der Waals surface area contributed by atoms with Crippen molar-refractivity contribution in [1.29, 1.82) is 0 Å². The molecule has 6 nitrogen and oxygen atoms in total. The van der Waals surface area contributed by atoms with Crippen LogP contribution in [0.1, 0.15) is 10.4 Å². The van der Waals surface area contributed by atoms with Gasteiger partial charge in [-0.25, -0.2) is 4.39 Å². The number of halogens is 1. The number of amides is 1. The molecule has 0 bridgehead atoms. The third-order valence-electron chi connectivity index (χ3n) is 3.45. The molecule has 8 heteroatoms. The third kappa shape index (κ3) is 3.33. The number of benzene rings is 2. The Hall–Kier alpha value is -2.61. The van der Waals surface area contributed by atoms with Crippen LogP contribution in [-0.4, -0.2) is 31.2 Å². The molecule has 2 aromatic rings. The van der Waals surface area contributed by atoms with Gasteiger partial charge in [0.1, 0.15) is 17.1 Å². The van der Waals surface area contributed by atoms with Gasteiger partial charge >= 0.3 is 0 Å². The lowest BCUT2D eigenvalue weighted by molar-refractivity contribution is -0.385. The van der Waals surface area contributed by atoms with E-state index >= 15 is 0 Å². The van der Waals surface area contributed by atoms with Gasteiger partial charge in [-0.05, 0) is 24.5 Å². The van der Waals surface area contributed by atoms with E-state index in [1.807, 2.05) is 0 Å². The zero-order chi connectivity index (χ0) is 17.9. The molecule has 0 aliphatic carbocycles. The maximum absolute atomic E-state index is 13.9. The summed E-state index contributed by atoms with van der Waals surface area (Å²) in [6.07, 6.45) is 1.76. The first-order valence-corrected chi connectivity index (χ1v) is 8.06. The first kappa shape index (κ1) is 17.7. The van der Waals surface area contributed by atoms with Crippen molar-refractivity contribution in [3.05, 3.63) is 57.9 Å². The van der Waals surface area contributed by atoms with Crippen molar-refractivity contribution in [3.8, 4) is 5.75 Å². The van der Waals surface area contributed by atoms with Gasteiger partial charge in [-0.15, -0.1) is 11.8 Å². The lowest BCUT2D eigenvalue weighted by Gasteiger charge is -2.18. The van der Waals surface area contributed by atoms with Crippen molar-refractivity contribution < 1.29 is 18.8 Å². The Labute approximate surface area is 142 Å². The van der Waals surface area contributed by atoms with Crippen LogP contribution in [0.3, 0.4) is 0 Å². The average Bonchev–Trinajstić information content (AvgIpc) is 2.59. The summed E-state index contributed by atoms with van der Waals surface area (Å²) in [5.41, 5.74) is -0.480. The summed E-state index contributed by atoms with van der Waals surface area (Å²) < 4.78 is 19.0. The smallest absolute Gasteiger partial charge is 0.285 e. The van der Waals surface area contributed by atoms with Crippen molar-refractivity contribution >= 4 is 29.0 Å². The topological polar surface area (TPSA) is 72.7 Å². The van der Waals surface area contributed by atoms with Crippen molar-refractivity contribution in [2.24, 2.45) is 0 Å². The number of nitro groups is 1. The maximum Gasteiger partial charge on any atom is 0.285 e. The van der Waals surface area contributed by atoms with Gasteiger partial charge in [0.05, 0.1) is 28.7 Å². The van der Waals surface area contributed by atoms with Crippen LogP contribution in [0.25, 0.3) is 0 Å². The van der Waals surface area contributed by atoms with E-state index in [-0.39, 0.29) is 11.3 Å². The highest BCUT2D eigenvalue weighted by atomic mass is 32.2. The number of carbonyl (C=O) groups excluding carboxylic acids is 1. The van der Waals surface area contributed by atoms with Crippen LogP contribution in [0.2, 0.25) is 0 Å². The number of hydrogen-bond acceptors (Lipinski definition) is 5. The minimum absolute atomic E-state index is 0.0401. The van der Waals surface area contributed by atoms with E-state index in [0.717, 1.165) is 4.90 Å². The Morgan fingerprint density at radius 3 is 2.54 bits per heavy atom. The number of nitrogens with zero attached hydrogens (tertiary/aromatic N) is 2. The van der Waals surface area contributed by atoms with Crippen LogP contribution in [0, 0.1) is 15.9 Å². The van der Waals surface area contributed by atoms with Gasteiger partial charge in [-0.1, -0.05) is 12.1 Å². The lowest BCUT2D eigenvalue weighted by atomic mass is 10.1. The third-order valence-corrected chi connectivity index (χ3v) is 4.21. The highest BCUT2D eigenvalue weighted by Gasteiger charge is 2.27. The second-order valence-corrected chi connectivity index (χ2v) is 5.65. The largest absolute Gasteiger partial charge is 0.495 e. The van der Waals surface area contributed by atoms with Crippen molar-refractivity contribution in [3.63, 3.8) is 0 Å². The van der Waals surface area contributed by atoms with Crippen LogP contribution in [0.4, 0.5) is 15.8 Å². The number of methoxy groups -OCH3 is 1. The molecule has 0 saturated carbocycles. The Morgan fingerprint density at radius 1 is 1.33 bits per heavy atom. The molecule has 0 aliphatic rings. The number of thioether (sulfide) groups is 1. The zero-order valence-electron chi connectivity index (χ0n) is 13.3. The molecular formula is C16H15FN2O4S. The lowest BCUT2D eigenvalue weighted by Crippen LogP contribution is -2.27. The van der Waals surface area contributed by atoms with E-state index in [1.165, 1.54) is 56.3 Å². The Morgan fingerprint density at radius 2 is 2.00 bits per heavy atom. The molecule has 0 N–H and O–H groups in total. The molecule has 0 spiro atoms. The van der Waals surface area contributed by atoms with Crippen LogP contribution >= 0.6 is 11.8 Å². The number of anilines is 1. The fraction of sp³-hybridized carbons (Fsp3) is 0.188. The zero-order valence-corrected chi connectivity index (χ0v) is 14.1. The summed E-state index contributed by atoms with van der Waals surface area (Å²) in [6.45, 7) is 0. The van der Waals surface area contributed by atoms with Crippen LogP contribution < -0.4 is 9.64 Å². The van der Waals surface area contributed by atoms with Gasteiger partial charge in [0.2, 0.25) is 0 Å². The van der Waals surface area contributed by atoms with Crippen LogP contribution in [0.5, 0.6) is 5.75 Å². The molecule has 0 heterocycles. The van der Waals surface area contributed by atoms with E-state index < -0.39 is 22.3 Å². The molecule has 0 unspecified atom stereocenters. The van der Waals surface area contributed by atoms with E-state index in [4.69, 9.17) is 4.74 Å². The van der Waals surface area contributed by atoms with E-state index in [9.17, 15) is 19.3 Å². The van der Waals surface area contributed by atoms with Gasteiger partial charge < -0.3 is 9.64 Å². The van der Waals surface area contributed by atoms with E-state index in [1.54, 1.807) is 12.3 Å². The van der Waals surface area contributed by atoms with Crippen LogP contribution in [0.15, 0.2) is 41.3 Å². The first-order chi connectivity index (χ1) is 11.4. The summed E-state index contributed by atoms with van der Waals surface area (Å²) >= 11 is 1.29. The van der Waals surface area contributed by atoms with Gasteiger partial charge in [0.25, 0.3) is 11.6 Å². The second kappa shape index (κ2) is 7.31. The SMILES string of the molecule is COc1cc([N+](=O)[O-])c(C(=O)N(C)c2ccccc2F)cc1SC. The number of carbonyl (C=O) groups is 1. The quantitative estimate of drug-likeness (QED) is 0.467. The van der Waals surface area contributed by atoms with Gasteiger partial charge in [-0.3, -0.25) is 14.9 Å². The number of para-hydroxylation sites is 1. The molecule has 0 radical (unpaired) electrons. The van der Waals surface area contributed by atoms with Gasteiger partial charge in [0, 0.05) is 7.05 Å². The summed E-state index contributed by atoms with van der Waals surface area (Å²) in [5.74, 6) is -0.960. The predicted molar refractivity (Wildman–Crippen MR) is 90.6 cm³/mol. The minimum Gasteiger partial charge on any atom is -0.495 e. The Bertz CT molecular complexity index is 798. The number of nitro benzene ring substituents is 1. The highest BCUT2D eigenvalue weighted by molar-refractivity contribution is 7.98. The Balaban J connectivity index is 2.55. The average molecular weight is 350 g/mol. The molecule has 1 amide bonds. The maximum atomic E-state index is 13.9. The molecule has 2 rings (SSSR count). The summed E-state index contributed by atoms with van der Waals surface area (Å²) in [4.78, 5) is 25.0. The van der Waals surface area contributed by atoms with Crippen molar-refractivity contribution in [1.82, 2.24) is 0 Å². The summed E-state index contributed by atoms with van der Waals surface area (Å²) in [7, 11) is 2.76. The molecule has 0 aliphatic heterocycles. The van der Waals surface area contributed by atoms with Gasteiger partial charge in [0.15, 0.2) is 0 Å². The predicted octanol–water partition coefficient (Wildman–Crippen LogP) is 3.74. The minimum atomic E-state index is -0.676. The van der Waals surface area contributed by atoms with Crippen molar-refractivity contribution in [2.75, 3.05) is 25.3 Å². The monoisotopic (exact) mass is 350 g/mol. The molecule has 2 aromatic carbocycles. The fourth-order valence-electron chi connectivity index (χ4n) is 2.20. The molecule has 126 valence electrons. The molecule has 0 saturated heterocycles. The molecular weight excluding hydrogens is 335 g/mol. The Kier molecular flexibility index (Phi) is 5.40. The number of hydrogen-bond donors (Lipinski definition) is 0. The van der Waals surface area contributed by atoms with E-state index in [2.05, 4.69) is 0 Å². The highest BCUT2D eigenvalue weighted by Crippen LogP contribution is 2.35. The molecule has 0 atom stereocenters. The number of rotatable bonds is 5. The first-order valence-electron chi connectivity index (χ1n) is 6.83. The molecule has 0 fully saturated rings. The molecule has 0 aromatic heterocycles. The summed E-state index contributed by atoms with van der Waals surface area (Å²) in [5, 5.41) is 11.3.